The van der Waals surface area contributed by atoms with E-state index in [-0.39, 0.29) is 50.5 Å². The molecule has 2 amide bonds. The largest absolute Gasteiger partial charge is 0.508 e. The Kier molecular flexibility index (Phi) is 8.09. The van der Waals surface area contributed by atoms with Gasteiger partial charge in [0.1, 0.15) is 48.4 Å². The molecular weight excluding hydrogens is 582 g/mol. The molecule has 7 unspecified atom stereocenters. The maximum atomic E-state index is 14.7. The second kappa shape index (κ2) is 12.2. The summed E-state index contributed by atoms with van der Waals surface area (Å²) in [5.41, 5.74) is 1.28. The summed E-state index contributed by atoms with van der Waals surface area (Å²) in [6.07, 6.45) is 3.17. The third-order valence-corrected chi connectivity index (χ3v) is 9.63. The number of para-hydroxylation sites is 1. The van der Waals surface area contributed by atoms with Crippen molar-refractivity contribution in [3.05, 3.63) is 71.3 Å². The summed E-state index contributed by atoms with van der Waals surface area (Å²) in [6.45, 7) is 0.471. The van der Waals surface area contributed by atoms with Gasteiger partial charge >= 0.3 is 5.97 Å². The number of fused-ring (bicyclic) bond motifs is 4. The number of phenolic OH excluding ortho intramolecular Hbond substituents is 1. The highest BCUT2D eigenvalue weighted by molar-refractivity contribution is 5.96. The topological polar surface area (TPSA) is 147 Å². The number of aliphatic hydroxyl groups excluding tert-OH is 1. The van der Waals surface area contributed by atoms with Crippen molar-refractivity contribution in [1.82, 2.24) is 15.3 Å². The fourth-order valence-corrected chi connectivity index (χ4v) is 7.64. The third kappa shape index (κ3) is 5.20. The zero-order valence-corrected chi connectivity index (χ0v) is 24.7. The highest BCUT2D eigenvalue weighted by Gasteiger charge is 2.75. The van der Waals surface area contributed by atoms with Gasteiger partial charge in [-0.1, -0.05) is 54.6 Å². The summed E-state index contributed by atoms with van der Waals surface area (Å²) < 4.78 is 17.7. The Bertz CT molecular complexity index is 1500. The van der Waals surface area contributed by atoms with Gasteiger partial charge in [-0.3, -0.25) is 19.2 Å². The van der Waals surface area contributed by atoms with Crippen molar-refractivity contribution in [2.75, 3.05) is 26.5 Å². The van der Waals surface area contributed by atoms with Gasteiger partial charge in [0.2, 0.25) is 11.8 Å². The first-order valence-corrected chi connectivity index (χ1v) is 15.5. The SMILES string of the molecule is O=C(NCCO)C1CCCN1C(=O)C12CC3OC(=O)C1N(Cc1cccc(C=CCc4ccccc4O)c1)OC2C1OCOC31. The van der Waals surface area contributed by atoms with Gasteiger partial charge in [-0.05, 0) is 42.0 Å². The molecule has 1 saturated carbocycles. The number of hydroxylamine groups is 2. The number of phenols is 1. The summed E-state index contributed by atoms with van der Waals surface area (Å²) in [5, 5.41) is 23.5. The van der Waals surface area contributed by atoms with E-state index in [4.69, 9.17) is 19.0 Å². The number of rotatable bonds is 9. The van der Waals surface area contributed by atoms with Crippen LogP contribution in [0.5, 0.6) is 5.75 Å². The molecule has 4 saturated heterocycles. The second-order valence-electron chi connectivity index (χ2n) is 12.3. The number of aliphatic hydroxyl groups is 1. The fraction of sp³-hybridized carbons (Fsp3) is 0.485. The van der Waals surface area contributed by atoms with Gasteiger partial charge < -0.3 is 34.6 Å². The molecule has 0 spiro atoms. The zero-order valence-electron chi connectivity index (χ0n) is 24.7. The summed E-state index contributed by atoms with van der Waals surface area (Å²) >= 11 is 0. The fourth-order valence-electron chi connectivity index (χ4n) is 7.64. The molecule has 2 aromatic rings. The number of hydrogen-bond acceptors (Lipinski definition) is 10. The molecule has 4 aliphatic heterocycles. The number of carbonyl (C=O) groups excluding carboxylic acids is 3. The average Bonchev–Trinajstić information content (AvgIpc) is 3.79. The first-order chi connectivity index (χ1) is 21.9. The van der Waals surface area contributed by atoms with E-state index in [1.165, 1.54) is 0 Å². The van der Waals surface area contributed by atoms with E-state index in [0.29, 0.717) is 25.8 Å². The van der Waals surface area contributed by atoms with E-state index >= 15 is 0 Å². The van der Waals surface area contributed by atoms with Crippen LogP contribution in [0.2, 0.25) is 0 Å². The van der Waals surface area contributed by atoms with Crippen molar-refractivity contribution in [1.29, 1.82) is 0 Å². The lowest BCUT2D eigenvalue weighted by Crippen LogP contribution is -2.70. The minimum Gasteiger partial charge on any atom is -0.508 e. The Morgan fingerprint density at radius 3 is 2.80 bits per heavy atom. The molecule has 12 nitrogen and oxygen atoms in total. The number of benzene rings is 2. The maximum absolute atomic E-state index is 14.7. The molecule has 1 aliphatic carbocycles. The lowest BCUT2D eigenvalue weighted by atomic mass is 9.62. The van der Waals surface area contributed by atoms with Crippen molar-refractivity contribution < 1.29 is 43.6 Å². The second-order valence-corrected chi connectivity index (χ2v) is 12.3. The number of ether oxygens (including phenoxy) is 3. The number of hydrogen-bond donors (Lipinski definition) is 3. The minimum absolute atomic E-state index is 0.00320. The van der Waals surface area contributed by atoms with Crippen LogP contribution in [0.15, 0.2) is 54.6 Å². The van der Waals surface area contributed by atoms with Gasteiger partial charge in [0.15, 0.2) is 6.04 Å². The zero-order chi connectivity index (χ0) is 31.1. The third-order valence-electron chi connectivity index (χ3n) is 9.63. The molecule has 0 radical (unpaired) electrons. The van der Waals surface area contributed by atoms with Crippen LogP contribution in [-0.2, 0) is 46.4 Å². The molecular formula is C33H37N3O9. The van der Waals surface area contributed by atoms with Gasteiger partial charge in [0.25, 0.3) is 0 Å². The summed E-state index contributed by atoms with van der Waals surface area (Å²) in [7, 11) is 0. The van der Waals surface area contributed by atoms with Gasteiger partial charge in [-0.2, -0.15) is 5.06 Å². The van der Waals surface area contributed by atoms with Gasteiger partial charge in [0, 0.05) is 19.5 Å². The van der Waals surface area contributed by atoms with E-state index in [1.54, 1.807) is 22.1 Å². The van der Waals surface area contributed by atoms with Crippen molar-refractivity contribution in [2.45, 2.75) is 68.7 Å². The Hall–Kier alpha value is -3.81. The first-order valence-electron chi connectivity index (χ1n) is 15.5. The highest BCUT2D eigenvalue weighted by atomic mass is 16.8. The number of nitrogens with one attached hydrogen (secondary N) is 1. The maximum Gasteiger partial charge on any atom is 0.327 e. The normalized spacial score (nSPS) is 32.1. The van der Waals surface area contributed by atoms with E-state index < -0.39 is 47.9 Å². The van der Waals surface area contributed by atoms with Crippen LogP contribution < -0.4 is 5.32 Å². The van der Waals surface area contributed by atoms with Crippen LogP contribution in [0.1, 0.15) is 36.0 Å². The van der Waals surface area contributed by atoms with Crippen LogP contribution in [0.4, 0.5) is 0 Å². The molecule has 45 heavy (non-hydrogen) atoms. The average molecular weight is 620 g/mol. The standard InChI is InChI=1S/C33H37N3O9/c37-15-13-34-30(39)23-11-5-14-35(23)32(41)33-17-25-26-27(43-19-42-26)29(33)45-36(28(33)31(40)44-25)18-21-8-3-6-20(16-21)7-4-10-22-9-1-2-12-24(22)38/h1-4,6-9,12,16,23,25-29,37-38H,5,10-11,13-15,17-19H2,(H,34,39). The molecule has 2 bridgehead atoms. The van der Waals surface area contributed by atoms with Gasteiger partial charge in [-0.25, -0.2) is 0 Å². The van der Waals surface area contributed by atoms with E-state index in [2.05, 4.69) is 5.32 Å². The predicted molar refractivity (Wildman–Crippen MR) is 158 cm³/mol. The van der Waals surface area contributed by atoms with E-state index in [9.17, 15) is 24.6 Å². The van der Waals surface area contributed by atoms with Crippen LogP contribution >= 0.6 is 0 Å². The minimum atomic E-state index is -1.33. The van der Waals surface area contributed by atoms with Gasteiger partial charge in [-0.15, -0.1) is 0 Å². The molecule has 5 fully saturated rings. The molecule has 3 N–H and O–H groups in total. The summed E-state index contributed by atoms with van der Waals surface area (Å²) in [5.74, 6) is -0.959. The number of amides is 2. The Morgan fingerprint density at radius 2 is 1.96 bits per heavy atom. The van der Waals surface area contributed by atoms with Crippen LogP contribution in [0.3, 0.4) is 0 Å². The predicted octanol–water partition coefficient (Wildman–Crippen LogP) is 1.29. The molecule has 4 heterocycles. The Balaban J connectivity index is 1.16. The molecule has 7 atom stereocenters. The highest BCUT2D eigenvalue weighted by Crippen LogP contribution is 2.56. The van der Waals surface area contributed by atoms with Crippen molar-refractivity contribution >= 4 is 23.9 Å². The Labute approximate surface area is 260 Å². The molecule has 5 aliphatic rings. The number of allylic oxidation sites excluding steroid dienone is 1. The number of aromatic hydroxyl groups is 1. The molecule has 2 aromatic carbocycles. The number of likely N-dealkylation sites (tertiary alicyclic amines) is 1. The van der Waals surface area contributed by atoms with Gasteiger partial charge in [0.05, 0.1) is 13.2 Å². The van der Waals surface area contributed by atoms with E-state index in [1.807, 2.05) is 48.6 Å². The molecule has 7 rings (SSSR count). The number of carbonyl (C=O) groups is 3. The lowest BCUT2D eigenvalue weighted by Gasteiger charge is -2.50. The van der Waals surface area contributed by atoms with Crippen LogP contribution in [0.25, 0.3) is 6.08 Å². The Morgan fingerprint density at radius 1 is 1.11 bits per heavy atom. The molecule has 12 heteroatoms. The van der Waals surface area contributed by atoms with E-state index in [0.717, 1.165) is 16.7 Å². The summed E-state index contributed by atoms with van der Waals surface area (Å²) in [6, 6.07) is 13.2. The van der Waals surface area contributed by atoms with Crippen molar-refractivity contribution in [2.24, 2.45) is 5.41 Å². The molecule has 238 valence electrons. The lowest BCUT2D eigenvalue weighted by molar-refractivity contribution is -0.204. The molecule has 0 aromatic heterocycles. The van der Waals surface area contributed by atoms with Crippen LogP contribution in [0, 0.1) is 5.41 Å². The number of nitrogens with zero attached hydrogens (tertiary/aromatic N) is 2. The summed E-state index contributed by atoms with van der Waals surface area (Å²) in [4.78, 5) is 49.5. The van der Waals surface area contributed by atoms with Crippen molar-refractivity contribution in [3.8, 4) is 5.75 Å². The quantitative estimate of drug-likeness (QED) is 0.351. The smallest absolute Gasteiger partial charge is 0.327 e. The van der Waals surface area contributed by atoms with Crippen LogP contribution in [-0.4, -0.2) is 101 Å². The first kappa shape index (κ1) is 29.9. The number of esters is 1. The monoisotopic (exact) mass is 619 g/mol. The van der Waals surface area contributed by atoms with Crippen molar-refractivity contribution in [3.63, 3.8) is 0 Å².